The predicted octanol–water partition coefficient (Wildman–Crippen LogP) is 6.02. The summed E-state index contributed by atoms with van der Waals surface area (Å²) in [5.74, 6) is -4.82. The summed E-state index contributed by atoms with van der Waals surface area (Å²) in [4.78, 5) is 102. The second-order valence-electron chi connectivity index (χ2n) is 16.2. The van der Waals surface area contributed by atoms with E-state index in [0.717, 1.165) is 0 Å². The van der Waals surface area contributed by atoms with Crippen molar-refractivity contribution in [1.82, 2.24) is 21.3 Å². The minimum atomic E-state index is -1.12. The molecule has 2 rings (SSSR count). The number of ketones is 1. The SMILES string of the molecule is C.C.CNC(CC(C)C)C(=O)OCOC(=O)C(CC(C)C)NC(=O)c1ccc(C(=O)NC(CC(C)C)C(=O)OCOC(=O)C(CC(C)C)NC(=O)c2ccc(C(C)=O)cc2)cc1. The second-order valence-corrected chi connectivity index (χ2v) is 16.2. The van der Waals surface area contributed by atoms with Gasteiger partial charge in [-0.2, -0.15) is 0 Å². The topological polar surface area (TPSA) is 222 Å². The first kappa shape index (κ1) is 56.4. The van der Waals surface area contributed by atoms with Crippen LogP contribution in [0.5, 0.6) is 0 Å². The summed E-state index contributed by atoms with van der Waals surface area (Å²) in [6.45, 7) is 15.1. The number of hydrogen-bond acceptors (Lipinski definition) is 13. The first-order valence-corrected chi connectivity index (χ1v) is 20.2. The molecule has 0 aliphatic rings. The maximum Gasteiger partial charge on any atom is 0.331 e. The molecule has 346 valence electrons. The molecule has 0 aromatic heterocycles. The van der Waals surface area contributed by atoms with Crippen LogP contribution in [0, 0.1) is 23.7 Å². The van der Waals surface area contributed by atoms with E-state index >= 15 is 0 Å². The van der Waals surface area contributed by atoms with E-state index in [1.54, 1.807) is 7.05 Å². The fourth-order valence-electron chi connectivity index (χ4n) is 5.91. The number of rotatable bonds is 24. The van der Waals surface area contributed by atoms with Crippen LogP contribution in [0.4, 0.5) is 0 Å². The summed E-state index contributed by atoms with van der Waals surface area (Å²) in [5, 5.41) is 10.8. The Labute approximate surface area is 367 Å². The molecule has 0 saturated carbocycles. The molecule has 3 amide bonds. The molecule has 0 fully saturated rings. The van der Waals surface area contributed by atoms with Gasteiger partial charge in [0.25, 0.3) is 17.7 Å². The van der Waals surface area contributed by atoms with Crippen LogP contribution in [0.3, 0.4) is 0 Å². The Bertz CT molecular complexity index is 1770. The highest BCUT2D eigenvalue weighted by molar-refractivity contribution is 6.01. The molecule has 2 aromatic rings. The predicted molar refractivity (Wildman–Crippen MR) is 235 cm³/mol. The van der Waals surface area contributed by atoms with Crippen molar-refractivity contribution in [3.8, 4) is 0 Å². The van der Waals surface area contributed by atoms with Gasteiger partial charge in [-0.3, -0.25) is 24.0 Å². The molecule has 0 saturated heterocycles. The van der Waals surface area contributed by atoms with Crippen molar-refractivity contribution in [2.45, 2.75) is 127 Å². The third kappa shape index (κ3) is 19.8. The lowest BCUT2D eigenvalue weighted by Crippen LogP contribution is -2.44. The van der Waals surface area contributed by atoms with E-state index in [2.05, 4.69) is 21.3 Å². The van der Waals surface area contributed by atoms with Crippen LogP contribution in [-0.2, 0) is 38.1 Å². The minimum Gasteiger partial charge on any atom is -0.427 e. The van der Waals surface area contributed by atoms with Gasteiger partial charge in [-0.05, 0) is 99.7 Å². The number of hydrogen-bond donors (Lipinski definition) is 4. The molecule has 2 aromatic carbocycles. The third-order valence-corrected chi connectivity index (χ3v) is 9.00. The van der Waals surface area contributed by atoms with E-state index in [9.17, 15) is 38.4 Å². The standard InChI is InChI=1S/C44H62N4O12.2CH4/c1-25(2)19-34(45-10)41(53)57-23-58-42(54)35(20-26(3)4)47-39(51)32-15-17-33(18-16-32)40(52)48-37(22-28(7)8)44(56)60-24-59-43(55)36(21-27(5)6)46-38(50)31-13-11-30(12-14-31)29(9)49;;/h11-18,25-28,34-37,45H,19-24H2,1-10H3,(H,46,50)(H,47,51)(H,48,52);2*1H4. The van der Waals surface area contributed by atoms with E-state index in [1.165, 1.54) is 55.5 Å². The molecule has 16 heteroatoms. The Morgan fingerprint density at radius 2 is 0.645 bits per heavy atom. The minimum absolute atomic E-state index is 0. The van der Waals surface area contributed by atoms with E-state index in [1.807, 2.05) is 55.4 Å². The number of nitrogens with one attached hydrogen (secondary N) is 4. The van der Waals surface area contributed by atoms with Gasteiger partial charge in [-0.1, -0.05) is 82.4 Å². The number of carbonyl (C=O) groups is 8. The Morgan fingerprint density at radius 1 is 0.419 bits per heavy atom. The van der Waals surface area contributed by atoms with Gasteiger partial charge in [-0.25, -0.2) is 14.4 Å². The van der Waals surface area contributed by atoms with Crippen molar-refractivity contribution in [2.24, 2.45) is 23.7 Å². The molecule has 0 aliphatic carbocycles. The quantitative estimate of drug-likeness (QED) is 0.0540. The molecule has 4 atom stereocenters. The van der Waals surface area contributed by atoms with Gasteiger partial charge in [0.15, 0.2) is 5.78 Å². The van der Waals surface area contributed by atoms with Crippen LogP contribution in [0.15, 0.2) is 48.5 Å². The van der Waals surface area contributed by atoms with E-state index < -0.39 is 79.4 Å². The van der Waals surface area contributed by atoms with E-state index in [-0.39, 0.29) is 80.3 Å². The average molecular weight is 871 g/mol. The number of likely N-dealkylation sites (N-methyl/N-ethyl adjacent to an activating group) is 1. The van der Waals surface area contributed by atoms with E-state index in [4.69, 9.17) is 18.9 Å². The van der Waals surface area contributed by atoms with Gasteiger partial charge in [0, 0.05) is 22.3 Å². The van der Waals surface area contributed by atoms with Crippen LogP contribution in [0.25, 0.3) is 0 Å². The first-order valence-electron chi connectivity index (χ1n) is 20.2. The van der Waals surface area contributed by atoms with Gasteiger partial charge in [0.1, 0.15) is 24.2 Å². The van der Waals surface area contributed by atoms with Gasteiger partial charge in [-0.15, -0.1) is 0 Å². The highest BCUT2D eigenvalue weighted by atomic mass is 16.7. The fourth-order valence-corrected chi connectivity index (χ4v) is 5.91. The fraction of sp³-hybridized carbons (Fsp3) is 0.565. The molecule has 0 heterocycles. The second kappa shape index (κ2) is 28.1. The summed E-state index contributed by atoms with van der Waals surface area (Å²) in [6.07, 6.45) is 1.20. The third-order valence-electron chi connectivity index (χ3n) is 9.00. The first-order chi connectivity index (χ1) is 28.2. The van der Waals surface area contributed by atoms with Crippen LogP contribution < -0.4 is 21.3 Å². The summed E-state index contributed by atoms with van der Waals surface area (Å²) in [7, 11) is 1.63. The zero-order valence-electron chi connectivity index (χ0n) is 36.4. The van der Waals surface area contributed by atoms with Gasteiger partial charge >= 0.3 is 23.9 Å². The summed E-state index contributed by atoms with van der Waals surface area (Å²) in [6, 6.07) is 7.74. The Balaban J connectivity index is 0.0000186. The van der Waals surface area contributed by atoms with Crippen molar-refractivity contribution in [2.75, 3.05) is 20.6 Å². The lowest BCUT2D eigenvalue weighted by Gasteiger charge is -2.21. The highest BCUT2D eigenvalue weighted by Gasteiger charge is 2.29. The van der Waals surface area contributed by atoms with Crippen molar-refractivity contribution < 1.29 is 57.3 Å². The Hall–Kier alpha value is -5.64. The summed E-state index contributed by atoms with van der Waals surface area (Å²) >= 11 is 0. The maximum absolute atomic E-state index is 13.3. The van der Waals surface area contributed by atoms with Crippen LogP contribution in [-0.4, -0.2) is 92.2 Å². The maximum atomic E-state index is 13.3. The van der Waals surface area contributed by atoms with Crippen LogP contribution in [0.2, 0.25) is 0 Å². The van der Waals surface area contributed by atoms with Crippen molar-refractivity contribution in [3.63, 3.8) is 0 Å². The Morgan fingerprint density at radius 3 is 0.871 bits per heavy atom. The summed E-state index contributed by atoms with van der Waals surface area (Å²) < 4.78 is 20.8. The zero-order chi connectivity index (χ0) is 45.1. The largest absolute Gasteiger partial charge is 0.427 e. The van der Waals surface area contributed by atoms with Gasteiger partial charge in [0.05, 0.1) is 0 Å². The lowest BCUT2D eigenvalue weighted by atomic mass is 10.0. The zero-order valence-corrected chi connectivity index (χ0v) is 36.4. The monoisotopic (exact) mass is 870 g/mol. The average Bonchev–Trinajstić information content (AvgIpc) is 3.18. The number of Topliss-reactive ketones (excluding diaryl/α,β-unsaturated/α-hetero) is 1. The molecule has 62 heavy (non-hydrogen) atoms. The van der Waals surface area contributed by atoms with Gasteiger partial charge in [0.2, 0.25) is 13.6 Å². The van der Waals surface area contributed by atoms with Gasteiger partial charge < -0.3 is 40.2 Å². The molecule has 0 radical (unpaired) electrons. The molecule has 0 spiro atoms. The van der Waals surface area contributed by atoms with Crippen LogP contribution >= 0.6 is 0 Å². The number of amides is 3. The van der Waals surface area contributed by atoms with Crippen molar-refractivity contribution in [3.05, 3.63) is 70.8 Å². The molecule has 4 N–H and O–H groups in total. The Kier molecular flexibility index (Phi) is 25.5. The normalized spacial score (nSPS) is 12.7. The summed E-state index contributed by atoms with van der Waals surface area (Å²) in [5.41, 5.74) is 0.941. The molecule has 4 unspecified atom stereocenters. The van der Waals surface area contributed by atoms with E-state index in [0.29, 0.717) is 12.0 Å². The number of ether oxygens (including phenoxy) is 4. The number of benzene rings is 2. The lowest BCUT2D eigenvalue weighted by molar-refractivity contribution is -0.172. The highest BCUT2D eigenvalue weighted by Crippen LogP contribution is 2.14. The van der Waals surface area contributed by atoms with Crippen LogP contribution in [0.1, 0.15) is 144 Å². The van der Waals surface area contributed by atoms with Crippen molar-refractivity contribution in [1.29, 1.82) is 0 Å². The number of esters is 4. The van der Waals surface area contributed by atoms with Crippen molar-refractivity contribution >= 4 is 47.4 Å². The molecular weight excluding hydrogens is 801 g/mol. The smallest absolute Gasteiger partial charge is 0.331 e. The molecule has 0 bridgehead atoms. The molecule has 16 nitrogen and oxygen atoms in total. The molecular formula is C46H70N4O12. The number of carbonyl (C=O) groups excluding carboxylic acids is 8. The molecule has 0 aliphatic heterocycles.